The predicted molar refractivity (Wildman–Crippen MR) is 161 cm³/mol. The molecule has 2 atom stereocenters. The molecule has 1 aromatic heterocycles. The van der Waals surface area contributed by atoms with Crippen LogP contribution in [-0.2, 0) is 33.1 Å². The summed E-state index contributed by atoms with van der Waals surface area (Å²) in [4.78, 5) is 32.4. The van der Waals surface area contributed by atoms with Crippen LogP contribution in [0.15, 0.2) is 36.4 Å². The number of carbonyl (C=O) groups is 2. The number of para-hydroxylation sites is 1. The van der Waals surface area contributed by atoms with Crippen LogP contribution >= 0.6 is 11.6 Å². The van der Waals surface area contributed by atoms with Gasteiger partial charge in [0, 0.05) is 24.1 Å². The molecular formula is C33H37ClFN3O6. The number of ketones is 1. The van der Waals surface area contributed by atoms with Gasteiger partial charge in [-0.05, 0) is 76.4 Å². The minimum Gasteiger partial charge on any atom is -0.466 e. The number of Topliss-reactive ketones (excluding diaryl/α,β-unsaturated/α-hetero) is 1. The van der Waals surface area contributed by atoms with Crippen molar-refractivity contribution in [2.24, 2.45) is 0 Å². The first kappa shape index (κ1) is 30.6. The van der Waals surface area contributed by atoms with Crippen molar-refractivity contribution < 1.29 is 32.9 Å². The van der Waals surface area contributed by atoms with Gasteiger partial charge >= 0.3 is 5.97 Å². The van der Waals surface area contributed by atoms with Gasteiger partial charge in [0.1, 0.15) is 23.8 Å². The molecule has 0 amide bonds. The van der Waals surface area contributed by atoms with Crippen molar-refractivity contribution in [3.8, 4) is 11.5 Å². The number of aromatic nitrogens is 2. The maximum absolute atomic E-state index is 14.8. The molecule has 0 radical (unpaired) electrons. The van der Waals surface area contributed by atoms with Crippen LogP contribution in [0.3, 0.4) is 0 Å². The van der Waals surface area contributed by atoms with Crippen molar-refractivity contribution in [2.45, 2.75) is 77.4 Å². The fourth-order valence-corrected chi connectivity index (χ4v) is 6.56. The number of hydrogen-bond donors (Lipinski definition) is 0. The molecule has 0 N–H and O–H groups in total. The molecule has 6 rings (SSSR count). The molecule has 9 nitrogen and oxygen atoms in total. The van der Waals surface area contributed by atoms with E-state index in [1.807, 2.05) is 23.6 Å². The van der Waals surface area contributed by atoms with Gasteiger partial charge in [-0.25, -0.2) is 9.37 Å². The van der Waals surface area contributed by atoms with Gasteiger partial charge in [0.2, 0.25) is 0 Å². The van der Waals surface area contributed by atoms with Crippen LogP contribution in [0.25, 0.3) is 0 Å². The molecule has 2 fully saturated rings. The molecule has 3 aliphatic rings. The molecule has 0 aliphatic carbocycles. The van der Waals surface area contributed by atoms with E-state index in [1.165, 1.54) is 6.07 Å². The Kier molecular flexibility index (Phi) is 8.68. The largest absolute Gasteiger partial charge is 0.466 e. The van der Waals surface area contributed by atoms with E-state index in [0.29, 0.717) is 47.6 Å². The van der Waals surface area contributed by atoms with Crippen LogP contribution in [0, 0.1) is 12.7 Å². The fraction of sp³-hybridized carbons (Fsp3) is 0.485. The average Bonchev–Trinajstić information content (AvgIpc) is 3.46. The highest BCUT2D eigenvalue weighted by Gasteiger charge is 2.43. The second-order valence-corrected chi connectivity index (χ2v) is 12.2. The zero-order valence-corrected chi connectivity index (χ0v) is 26.0. The number of fused-ring (bicyclic) bond motifs is 1. The first-order chi connectivity index (χ1) is 21.1. The minimum absolute atomic E-state index is 0.0247. The number of benzene rings is 2. The number of hydrogen-bond acceptors (Lipinski definition) is 8. The van der Waals surface area contributed by atoms with Crippen LogP contribution in [0.2, 0.25) is 5.02 Å². The van der Waals surface area contributed by atoms with E-state index in [2.05, 4.69) is 11.0 Å². The van der Waals surface area contributed by atoms with Crippen molar-refractivity contribution in [1.29, 1.82) is 0 Å². The Bertz CT molecular complexity index is 1570. The summed E-state index contributed by atoms with van der Waals surface area (Å²) in [7, 11) is 0. The lowest BCUT2D eigenvalue weighted by molar-refractivity contribution is -0.141. The van der Waals surface area contributed by atoms with Crippen LogP contribution in [-0.4, -0.2) is 58.6 Å². The van der Waals surface area contributed by atoms with E-state index in [4.69, 9.17) is 35.5 Å². The second kappa shape index (κ2) is 12.5. The van der Waals surface area contributed by atoms with Crippen molar-refractivity contribution >= 4 is 23.4 Å². The lowest BCUT2D eigenvalue weighted by Gasteiger charge is -2.33. The van der Waals surface area contributed by atoms with Gasteiger partial charge in [0.15, 0.2) is 17.3 Å². The molecule has 2 saturated heterocycles. The maximum atomic E-state index is 14.8. The van der Waals surface area contributed by atoms with Gasteiger partial charge in [-0.1, -0.05) is 23.7 Å². The molecule has 2 unspecified atom stereocenters. The molecular weight excluding hydrogens is 589 g/mol. The number of esters is 1. The monoisotopic (exact) mass is 625 g/mol. The van der Waals surface area contributed by atoms with E-state index < -0.39 is 17.6 Å². The quantitative estimate of drug-likeness (QED) is 0.155. The highest BCUT2D eigenvalue weighted by Crippen LogP contribution is 2.49. The summed E-state index contributed by atoms with van der Waals surface area (Å²) in [5.41, 5.74) is 2.40. The average molecular weight is 626 g/mol. The third-order valence-corrected chi connectivity index (χ3v) is 8.93. The molecule has 44 heavy (non-hydrogen) atoms. The maximum Gasteiger partial charge on any atom is 0.313 e. The number of aryl methyl sites for hydroxylation is 1. The SMILES string of the molecule is CCOC(=O)CC(=O)c1c(C)nc(CN2CCC(c3cccc4c3OC(C)(c3ccc(Cl)cc3F)O4)CC2)n1CC1CCO1. The van der Waals surface area contributed by atoms with Gasteiger partial charge in [-0.3, -0.25) is 14.5 Å². The topological polar surface area (TPSA) is 92.1 Å². The summed E-state index contributed by atoms with van der Waals surface area (Å²) < 4.78 is 40.0. The number of ether oxygens (including phenoxy) is 4. The minimum atomic E-state index is -1.30. The Balaban J connectivity index is 1.15. The number of carbonyl (C=O) groups excluding carboxylic acids is 2. The zero-order chi connectivity index (χ0) is 31.0. The number of nitrogens with zero attached hydrogens (tertiary/aromatic N) is 3. The van der Waals surface area contributed by atoms with Crippen molar-refractivity contribution in [2.75, 3.05) is 26.3 Å². The summed E-state index contributed by atoms with van der Waals surface area (Å²) in [6.45, 7) is 8.92. The van der Waals surface area contributed by atoms with Crippen molar-refractivity contribution in [3.05, 3.63) is 75.6 Å². The van der Waals surface area contributed by atoms with Gasteiger partial charge < -0.3 is 23.5 Å². The Morgan fingerprint density at radius 2 is 1.93 bits per heavy atom. The smallest absolute Gasteiger partial charge is 0.313 e. The zero-order valence-electron chi connectivity index (χ0n) is 25.2. The van der Waals surface area contributed by atoms with Gasteiger partial charge in [-0.2, -0.15) is 0 Å². The third kappa shape index (κ3) is 6.07. The highest BCUT2D eigenvalue weighted by molar-refractivity contribution is 6.30. The number of imidazole rings is 1. The van der Waals surface area contributed by atoms with E-state index in [9.17, 15) is 14.0 Å². The first-order valence-electron chi connectivity index (χ1n) is 15.2. The van der Waals surface area contributed by atoms with E-state index >= 15 is 0 Å². The van der Waals surface area contributed by atoms with Gasteiger partial charge in [0.25, 0.3) is 5.79 Å². The molecule has 234 valence electrons. The second-order valence-electron chi connectivity index (χ2n) is 11.8. The number of piperidine rings is 1. The van der Waals surface area contributed by atoms with Gasteiger partial charge in [0.05, 0.1) is 37.1 Å². The molecule has 0 bridgehead atoms. The Labute approximate surface area is 261 Å². The van der Waals surface area contributed by atoms with Crippen LogP contribution in [0.4, 0.5) is 4.39 Å². The first-order valence-corrected chi connectivity index (χ1v) is 15.6. The summed E-state index contributed by atoms with van der Waals surface area (Å²) in [5.74, 6) is -0.329. The van der Waals surface area contributed by atoms with Gasteiger partial charge in [-0.15, -0.1) is 0 Å². The fourth-order valence-electron chi connectivity index (χ4n) is 6.40. The summed E-state index contributed by atoms with van der Waals surface area (Å²) in [5, 5.41) is 0.311. The molecule has 2 aromatic carbocycles. The number of rotatable bonds is 10. The summed E-state index contributed by atoms with van der Waals surface area (Å²) in [6.07, 6.45) is 2.40. The molecule has 3 aliphatic heterocycles. The normalized spacial score (nSPS) is 21.7. The molecule has 0 spiro atoms. The number of halogens is 2. The Hall–Kier alpha value is -3.47. The van der Waals surface area contributed by atoms with E-state index in [-0.39, 0.29) is 36.4 Å². The van der Waals surface area contributed by atoms with Crippen LogP contribution in [0.1, 0.15) is 78.6 Å². The third-order valence-electron chi connectivity index (χ3n) is 8.70. The Morgan fingerprint density at radius 1 is 1.16 bits per heavy atom. The lowest BCUT2D eigenvalue weighted by atomic mass is 9.88. The Morgan fingerprint density at radius 3 is 2.61 bits per heavy atom. The molecule has 4 heterocycles. The van der Waals surface area contributed by atoms with E-state index in [0.717, 1.165) is 43.7 Å². The summed E-state index contributed by atoms with van der Waals surface area (Å²) in [6, 6.07) is 10.3. The van der Waals surface area contributed by atoms with Crippen molar-refractivity contribution in [3.63, 3.8) is 0 Å². The van der Waals surface area contributed by atoms with Crippen LogP contribution in [0.5, 0.6) is 11.5 Å². The standard InChI is InChI=1S/C33H37ClFN3O6/c1-4-41-30(40)17-27(39)31-20(2)36-29(38(31)18-23-12-15-42-23)19-37-13-10-21(11-14-37)24-6-5-7-28-32(24)44-33(3,43-28)25-9-8-22(34)16-26(25)35/h5-9,16,21,23H,4,10-15,17-19H2,1-3H3. The molecule has 11 heteroatoms. The van der Waals surface area contributed by atoms with Crippen molar-refractivity contribution in [1.82, 2.24) is 14.5 Å². The lowest BCUT2D eigenvalue weighted by Crippen LogP contribution is -2.36. The van der Waals surface area contributed by atoms with E-state index in [1.54, 1.807) is 26.0 Å². The highest BCUT2D eigenvalue weighted by atomic mass is 35.5. The predicted octanol–water partition coefficient (Wildman–Crippen LogP) is 5.93. The summed E-state index contributed by atoms with van der Waals surface area (Å²) >= 11 is 5.97. The molecule has 0 saturated carbocycles. The number of likely N-dealkylation sites (tertiary alicyclic amines) is 1. The van der Waals surface area contributed by atoms with Crippen LogP contribution < -0.4 is 9.47 Å². The molecule has 3 aromatic rings.